The van der Waals surface area contributed by atoms with Crippen LogP contribution in [0.4, 0.5) is 0 Å². The molecule has 7 nitrogen and oxygen atoms in total. The molecule has 1 aliphatic carbocycles. The maximum Gasteiger partial charge on any atom is 0.252 e. The molecule has 0 radical (unpaired) electrons. The molecule has 1 aromatic carbocycles. The molecule has 2 amide bonds. The lowest BCUT2D eigenvalue weighted by Gasteiger charge is -2.29. The fraction of sp³-hybridized carbons (Fsp3) is 0.476. The predicted molar refractivity (Wildman–Crippen MR) is 104 cm³/mol. The zero-order valence-corrected chi connectivity index (χ0v) is 16.2. The summed E-state index contributed by atoms with van der Waals surface area (Å²) in [6.45, 7) is 5.87. The van der Waals surface area contributed by atoms with E-state index in [0.29, 0.717) is 29.7 Å². The largest absolute Gasteiger partial charge is 0.490 e. The summed E-state index contributed by atoms with van der Waals surface area (Å²) in [6.07, 6.45) is 4.59. The van der Waals surface area contributed by atoms with Crippen molar-refractivity contribution >= 4 is 23.1 Å². The van der Waals surface area contributed by atoms with E-state index in [-0.39, 0.29) is 11.5 Å². The number of nitrogens with two attached hydrogens (primary N) is 1. The van der Waals surface area contributed by atoms with E-state index in [1.165, 1.54) is 0 Å². The third-order valence-corrected chi connectivity index (χ3v) is 5.74. The lowest BCUT2D eigenvalue weighted by Crippen LogP contribution is -2.38. The maximum atomic E-state index is 11.8. The van der Waals surface area contributed by atoms with Crippen LogP contribution >= 0.6 is 0 Å². The van der Waals surface area contributed by atoms with Gasteiger partial charge in [0.2, 0.25) is 12.3 Å². The number of primary amides is 1. The van der Waals surface area contributed by atoms with Crippen LogP contribution in [0.3, 0.4) is 0 Å². The number of likely N-dealkylation sites (tertiary alicyclic amines) is 1. The number of ether oxygens (including phenoxy) is 2. The van der Waals surface area contributed by atoms with E-state index in [2.05, 4.69) is 4.98 Å². The Morgan fingerprint density at radius 2 is 2.29 bits per heavy atom. The Bertz CT molecular complexity index is 929. The zero-order valence-electron chi connectivity index (χ0n) is 16.2. The number of carbonyl (C=O) groups excluding carboxylic acids is 2. The van der Waals surface area contributed by atoms with Crippen molar-refractivity contribution in [3.8, 4) is 11.6 Å². The second kappa shape index (κ2) is 6.96. The molecule has 2 heterocycles. The van der Waals surface area contributed by atoms with E-state index in [1.807, 2.05) is 24.8 Å². The lowest BCUT2D eigenvalue weighted by atomic mass is 9.98. The Morgan fingerprint density at radius 3 is 3.00 bits per heavy atom. The van der Waals surface area contributed by atoms with E-state index in [1.54, 1.807) is 18.3 Å². The van der Waals surface area contributed by atoms with Crippen LogP contribution in [-0.4, -0.2) is 48.0 Å². The Kier molecular flexibility index (Phi) is 4.61. The van der Waals surface area contributed by atoms with Gasteiger partial charge in [0.25, 0.3) is 5.91 Å². The summed E-state index contributed by atoms with van der Waals surface area (Å²) in [5.41, 5.74) is 5.90. The van der Waals surface area contributed by atoms with Gasteiger partial charge in [-0.1, -0.05) is 0 Å². The molecule has 4 rings (SSSR count). The first-order chi connectivity index (χ1) is 13.4. The lowest BCUT2D eigenvalue weighted by molar-refractivity contribution is -0.120. The number of pyridine rings is 1. The number of piperidine rings is 1. The minimum atomic E-state index is -0.535. The summed E-state index contributed by atoms with van der Waals surface area (Å²) in [4.78, 5) is 29.2. The first-order valence-electron chi connectivity index (χ1n) is 9.63. The number of amides is 2. The molecular formula is C21H25N3O4. The van der Waals surface area contributed by atoms with Crippen molar-refractivity contribution in [2.75, 3.05) is 19.7 Å². The highest BCUT2D eigenvalue weighted by molar-refractivity contribution is 6.01. The van der Waals surface area contributed by atoms with Gasteiger partial charge in [-0.05, 0) is 56.2 Å². The third kappa shape index (κ3) is 3.37. The summed E-state index contributed by atoms with van der Waals surface area (Å²) in [6, 6.07) is 5.32. The average Bonchev–Trinajstić information content (AvgIpc) is 3.39. The average molecular weight is 383 g/mol. The van der Waals surface area contributed by atoms with Gasteiger partial charge in [-0.3, -0.25) is 9.59 Å². The minimum absolute atomic E-state index is 0.0352. The van der Waals surface area contributed by atoms with Crippen molar-refractivity contribution in [3.63, 3.8) is 0 Å². The first-order valence-corrected chi connectivity index (χ1v) is 9.63. The van der Waals surface area contributed by atoms with Crippen LogP contribution in [0.1, 0.15) is 37.0 Å². The van der Waals surface area contributed by atoms with E-state index in [0.717, 1.165) is 43.1 Å². The van der Waals surface area contributed by atoms with Crippen molar-refractivity contribution < 1.29 is 19.1 Å². The van der Waals surface area contributed by atoms with Crippen LogP contribution < -0.4 is 15.2 Å². The number of benzene rings is 1. The monoisotopic (exact) mass is 383 g/mol. The summed E-state index contributed by atoms with van der Waals surface area (Å²) >= 11 is 0. The van der Waals surface area contributed by atoms with E-state index in [4.69, 9.17) is 15.2 Å². The molecule has 0 bridgehead atoms. The number of hydrogen-bond acceptors (Lipinski definition) is 5. The summed E-state index contributed by atoms with van der Waals surface area (Å²) in [7, 11) is 0. The van der Waals surface area contributed by atoms with Gasteiger partial charge in [-0.25, -0.2) is 4.98 Å². The van der Waals surface area contributed by atoms with Gasteiger partial charge < -0.3 is 20.1 Å². The van der Waals surface area contributed by atoms with Crippen molar-refractivity contribution in [2.45, 2.75) is 32.8 Å². The molecule has 2 unspecified atom stereocenters. The van der Waals surface area contributed by atoms with Gasteiger partial charge in [0.15, 0.2) is 0 Å². The number of nitrogens with zero attached hydrogens (tertiary/aromatic N) is 2. The molecule has 2 aromatic rings. The highest BCUT2D eigenvalue weighted by Gasteiger charge is 2.57. The van der Waals surface area contributed by atoms with Crippen LogP contribution in [0.15, 0.2) is 24.4 Å². The standard InChI is InChI=1S/C21H25N3O4/c1-13(2)28-18-8-16-14(7-17(18)19(22)26)3-5-23-20(16)27-11-21-9-15(21)4-6-24(10-21)12-25/h3,5,7-8,12-13,15H,4,6,9-11H2,1-2H3,(H2,22,26). The Hall–Kier alpha value is -2.83. The number of rotatable bonds is 7. The fourth-order valence-electron chi connectivity index (χ4n) is 4.20. The molecule has 28 heavy (non-hydrogen) atoms. The molecule has 2 N–H and O–H groups in total. The normalized spacial score (nSPS) is 23.4. The van der Waals surface area contributed by atoms with Crippen LogP contribution in [0.2, 0.25) is 0 Å². The van der Waals surface area contributed by atoms with Crippen LogP contribution in [0.25, 0.3) is 10.8 Å². The molecule has 2 atom stereocenters. The Balaban J connectivity index is 1.62. The molecule has 0 spiro atoms. The molecule has 1 aliphatic heterocycles. The topological polar surface area (TPSA) is 94.8 Å². The van der Waals surface area contributed by atoms with Crippen LogP contribution in [0.5, 0.6) is 11.6 Å². The second-order valence-electron chi connectivity index (χ2n) is 8.13. The number of carbonyl (C=O) groups is 2. The molecule has 148 valence electrons. The highest BCUT2D eigenvalue weighted by Crippen LogP contribution is 2.57. The first kappa shape index (κ1) is 18.5. The molecule has 1 saturated carbocycles. The molecule has 1 saturated heterocycles. The van der Waals surface area contributed by atoms with Crippen molar-refractivity contribution in [1.82, 2.24) is 9.88 Å². The summed E-state index contributed by atoms with van der Waals surface area (Å²) < 4.78 is 11.9. The number of aromatic nitrogens is 1. The quantitative estimate of drug-likeness (QED) is 0.741. The molecule has 2 fully saturated rings. The second-order valence-corrected chi connectivity index (χ2v) is 8.13. The van der Waals surface area contributed by atoms with E-state index < -0.39 is 5.91 Å². The molecule has 1 aromatic heterocycles. The smallest absolute Gasteiger partial charge is 0.252 e. The molecule has 7 heteroatoms. The summed E-state index contributed by atoms with van der Waals surface area (Å²) in [5, 5.41) is 1.60. The molecular weight excluding hydrogens is 358 g/mol. The van der Waals surface area contributed by atoms with E-state index >= 15 is 0 Å². The predicted octanol–water partition coefficient (Wildman–Crippen LogP) is 2.37. The van der Waals surface area contributed by atoms with Crippen molar-refractivity contribution in [2.24, 2.45) is 17.1 Å². The SMILES string of the molecule is CC(C)Oc1cc2c(OCC34CC3CCN(C=O)C4)nccc2cc1C(N)=O. The van der Waals surface area contributed by atoms with Gasteiger partial charge in [0, 0.05) is 30.1 Å². The van der Waals surface area contributed by atoms with Crippen molar-refractivity contribution in [1.29, 1.82) is 0 Å². The van der Waals surface area contributed by atoms with Gasteiger partial charge in [0.1, 0.15) is 5.75 Å². The van der Waals surface area contributed by atoms with Crippen LogP contribution in [0, 0.1) is 11.3 Å². The van der Waals surface area contributed by atoms with Gasteiger partial charge in [0.05, 0.1) is 18.3 Å². The van der Waals surface area contributed by atoms with Gasteiger partial charge >= 0.3 is 0 Å². The van der Waals surface area contributed by atoms with Gasteiger partial charge in [-0.2, -0.15) is 0 Å². The zero-order chi connectivity index (χ0) is 19.9. The maximum absolute atomic E-state index is 11.8. The van der Waals surface area contributed by atoms with Gasteiger partial charge in [-0.15, -0.1) is 0 Å². The van der Waals surface area contributed by atoms with E-state index in [9.17, 15) is 9.59 Å². The molecule has 2 aliphatic rings. The highest BCUT2D eigenvalue weighted by atomic mass is 16.5. The third-order valence-electron chi connectivity index (χ3n) is 5.74. The van der Waals surface area contributed by atoms with Crippen molar-refractivity contribution in [3.05, 3.63) is 30.0 Å². The fourth-order valence-corrected chi connectivity index (χ4v) is 4.20. The number of fused-ring (bicyclic) bond motifs is 2. The minimum Gasteiger partial charge on any atom is -0.490 e. The summed E-state index contributed by atoms with van der Waals surface area (Å²) in [5.74, 6) is 1.01. The number of hydrogen-bond donors (Lipinski definition) is 1. The Morgan fingerprint density at radius 1 is 1.46 bits per heavy atom. The Labute approximate surface area is 163 Å². The van der Waals surface area contributed by atoms with Crippen LogP contribution in [-0.2, 0) is 4.79 Å².